The van der Waals surface area contributed by atoms with Crippen LogP contribution in [0, 0.1) is 0 Å². The molecule has 0 fully saturated rings. The van der Waals surface area contributed by atoms with Gasteiger partial charge >= 0.3 is 0 Å². The number of rotatable bonds is 9. The number of aliphatic hydroxyl groups is 1. The third-order valence-corrected chi connectivity index (χ3v) is 4.64. The predicted molar refractivity (Wildman–Crippen MR) is 90.9 cm³/mol. The van der Waals surface area contributed by atoms with Gasteiger partial charge in [-0.1, -0.05) is 35.7 Å². The normalized spacial score (nSPS) is 12.2. The molecule has 0 aliphatic heterocycles. The van der Waals surface area contributed by atoms with Gasteiger partial charge in [-0.25, -0.2) is 9.35 Å². The third-order valence-electron chi connectivity index (χ3n) is 2.76. The Morgan fingerprint density at radius 3 is 2.17 bits per heavy atom. The van der Waals surface area contributed by atoms with E-state index < -0.39 is 6.10 Å². The van der Waals surface area contributed by atoms with Gasteiger partial charge in [0.05, 0.1) is 0 Å². The lowest BCUT2D eigenvalue weighted by Gasteiger charge is -2.09. The second-order valence-electron chi connectivity index (χ2n) is 4.40. The monoisotopic (exact) mass is 354 g/mol. The minimum Gasteiger partial charge on any atom is -0.385 e. The maximum atomic E-state index is 10.3. The molecule has 0 aromatic carbocycles. The summed E-state index contributed by atoms with van der Waals surface area (Å²) in [6.07, 6.45) is 2.61. The van der Waals surface area contributed by atoms with Crippen LogP contribution >= 0.6 is 23.5 Å². The van der Waals surface area contributed by atoms with E-state index in [0.29, 0.717) is 27.6 Å². The van der Waals surface area contributed by atoms with Crippen LogP contribution in [0.4, 0.5) is 0 Å². The van der Waals surface area contributed by atoms with E-state index in [4.69, 9.17) is 11.7 Å². The van der Waals surface area contributed by atoms with E-state index in [1.165, 1.54) is 32.9 Å². The topological polar surface area (TPSA) is 134 Å². The van der Waals surface area contributed by atoms with E-state index in [1.807, 2.05) is 0 Å². The summed E-state index contributed by atoms with van der Waals surface area (Å²) >= 11 is 2.77. The smallest absolute Gasteiger partial charge is 0.210 e. The van der Waals surface area contributed by atoms with Crippen LogP contribution in [0.3, 0.4) is 0 Å². The highest BCUT2D eigenvalue weighted by Crippen LogP contribution is 2.21. The molecule has 124 valence electrons. The number of nitrogens with zero attached hydrogens (tertiary/aromatic N) is 6. The van der Waals surface area contributed by atoms with Crippen LogP contribution in [0.15, 0.2) is 35.6 Å². The van der Waals surface area contributed by atoms with Gasteiger partial charge in [-0.05, 0) is 0 Å². The lowest BCUT2D eigenvalue weighted by Crippen LogP contribution is -2.21. The molecule has 11 heteroatoms. The molecule has 1 atom stereocenters. The molecule has 0 aliphatic carbocycles. The predicted octanol–water partition coefficient (Wildman–Crippen LogP) is 0.130. The largest absolute Gasteiger partial charge is 0.385 e. The lowest BCUT2D eigenvalue weighted by atomic mass is 10.2. The lowest BCUT2D eigenvalue weighted by molar-refractivity contribution is 0.161. The summed E-state index contributed by atoms with van der Waals surface area (Å²) in [5.74, 6) is 13.8. The molecule has 0 radical (unpaired) electrons. The quantitative estimate of drug-likeness (QED) is 0.326. The van der Waals surface area contributed by atoms with Crippen molar-refractivity contribution in [2.45, 2.75) is 22.8 Å². The van der Waals surface area contributed by atoms with Gasteiger partial charge in [0, 0.05) is 17.9 Å². The molecule has 0 saturated heterocycles. The molecule has 2 aromatic rings. The highest BCUT2D eigenvalue weighted by molar-refractivity contribution is 7.99. The zero-order valence-electron chi connectivity index (χ0n) is 12.4. The second kappa shape index (κ2) is 8.04. The molecule has 0 bridgehead atoms. The summed E-state index contributed by atoms with van der Waals surface area (Å²) in [6.45, 7) is 7.26. The van der Waals surface area contributed by atoms with Crippen LogP contribution in [0.25, 0.3) is 0 Å². The first-order valence-corrected chi connectivity index (χ1v) is 8.60. The molecular weight excluding hydrogens is 336 g/mol. The molecule has 0 aliphatic rings. The number of aromatic nitrogens is 6. The fourth-order valence-corrected chi connectivity index (χ4v) is 2.90. The van der Waals surface area contributed by atoms with Crippen molar-refractivity contribution in [3.63, 3.8) is 0 Å². The fraction of sp³-hybridized carbons (Fsp3) is 0.333. The maximum Gasteiger partial charge on any atom is 0.210 e. The van der Waals surface area contributed by atoms with Crippen LogP contribution in [0.2, 0.25) is 0 Å². The molecule has 0 spiro atoms. The first-order valence-electron chi connectivity index (χ1n) is 6.63. The molecule has 5 N–H and O–H groups in total. The molecule has 2 aromatic heterocycles. The Hall–Kier alpha value is -1.98. The summed E-state index contributed by atoms with van der Waals surface area (Å²) in [5, 5.41) is 27.2. The van der Waals surface area contributed by atoms with Gasteiger partial charge < -0.3 is 16.8 Å². The van der Waals surface area contributed by atoms with Gasteiger partial charge in [-0.15, -0.1) is 33.6 Å². The van der Waals surface area contributed by atoms with Crippen molar-refractivity contribution >= 4 is 23.5 Å². The fourth-order valence-electron chi connectivity index (χ4n) is 1.69. The van der Waals surface area contributed by atoms with E-state index >= 15 is 0 Å². The molecule has 1 unspecified atom stereocenters. The molecule has 0 saturated carbocycles. The molecular formula is C12H18N8OS2. The first kappa shape index (κ1) is 17.4. The van der Waals surface area contributed by atoms with Gasteiger partial charge in [-0.3, -0.25) is 0 Å². The SMILES string of the molecule is C=CCSc1nnc(CC(O)c2nnc(SCC=C)n2N)n1N. The summed E-state index contributed by atoms with van der Waals surface area (Å²) in [5.41, 5.74) is 0. The van der Waals surface area contributed by atoms with Crippen LogP contribution in [-0.4, -0.2) is 46.4 Å². The van der Waals surface area contributed by atoms with E-state index in [2.05, 4.69) is 33.6 Å². The van der Waals surface area contributed by atoms with Crippen molar-refractivity contribution < 1.29 is 5.11 Å². The average Bonchev–Trinajstić information content (AvgIpc) is 3.07. The van der Waals surface area contributed by atoms with Crippen LogP contribution in [-0.2, 0) is 6.42 Å². The molecule has 2 heterocycles. The number of thioether (sulfide) groups is 2. The zero-order valence-corrected chi connectivity index (χ0v) is 14.0. The van der Waals surface area contributed by atoms with Crippen LogP contribution < -0.4 is 11.7 Å². The number of hydrogen-bond donors (Lipinski definition) is 3. The maximum absolute atomic E-state index is 10.3. The van der Waals surface area contributed by atoms with Crippen LogP contribution in [0.5, 0.6) is 0 Å². The van der Waals surface area contributed by atoms with E-state index in [-0.39, 0.29) is 12.2 Å². The van der Waals surface area contributed by atoms with Gasteiger partial charge in [0.25, 0.3) is 0 Å². The van der Waals surface area contributed by atoms with Crippen molar-refractivity contribution in [3.8, 4) is 0 Å². The number of nitrogens with two attached hydrogens (primary N) is 2. The van der Waals surface area contributed by atoms with Gasteiger partial charge in [0.2, 0.25) is 10.3 Å². The Morgan fingerprint density at radius 1 is 1.00 bits per heavy atom. The number of nitrogen functional groups attached to an aromatic ring is 2. The summed E-state index contributed by atoms with van der Waals surface area (Å²) in [6, 6.07) is 0. The highest BCUT2D eigenvalue weighted by Gasteiger charge is 2.21. The third kappa shape index (κ3) is 4.06. The molecule has 0 amide bonds. The zero-order chi connectivity index (χ0) is 16.8. The molecule has 2 rings (SSSR count). The van der Waals surface area contributed by atoms with E-state index in [1.54, 1.807) is 12.2 Å². The van der Waals surface area contributed by atoms with Crippen molar-refractivity contribution in [1.29, 1.82) is 0 Å². The van der Waals surface area contributed by atoms with Crippen molar-refractivity contribution in [3.05, 3.63) is 37.0 Å². The van der Waals surface area contributed by atoms with Crippen LogP contribution in [0.1, 0.15) is 17.8 Å². The minimum atomic E-state index is -0.991. The Bertz CT molecular complexity index is 683. The standard InChI is InChI=1S/C12H18N8OS2/c1-3-5-22-11-17-15-9(19(11)13)7-8(21)10-16-18-12(20(10)14)23-6-4-2/h3-4,8,21H,1-2,5-7,13-14H2. The Balaban J connectivity index is 2.08. The second-order valence-corrected chi connectivity index (χ2v) is 6.37. The average molecular weight is 354 g/mol. The molecule has 23 heavy (non-hydrogen) atoms. The number of aliphatic hydroxyl groups excluding tert-OH is 1. The highest BCUT2D eigenvalue weighted by atomic mass is 32.2. The summed E-state index contributed by atoms with van der Waals surface area (Å²) in [7, 11) is 0. The Kier molecular flexibility index (Phi) is 6.07. The van der Waals surface area contributed by atoms with Gasteiger partial charge in [-0.2, -0.15) is 0 Å². The number of hydrogen-bond acceptors (Lipinski definition) is 9. The van der Waals surface area contributed by atoms with Crippen molar-refractivity contribution in [2.24, 2.45) is 0 Å². The van der Waals surface area contributed by atoms with E-state index in [0.717, 1.165) is 0 Å². The summed E-state index contributed by atoms with van der Waals surface area (Å²) < 4.78 is 2.59. The van der Waals surface area contributed by atoms with Crippen molar-refractivity contribution in [2.75, 3.05) is 23.2 Å². The van der Waals surface area contributed by atoms with Crippen molar-refractivity contribution in [1.82, 2.24) is 29.7 Å². The van der Waals surface area contributed by atoms with Gasteiger partial charge in [0.1, 0.15) is 6.10 Å². The van der Waals surface area contributed by atoms with E-state index in [9.17, 15) is 5.11 Å². The Labute approximate surface area is 141 Å². The first-order chi connectivity index (χ1) is 11.1. The molecule has 9 nitrogen and oxygen atoms in total. The Morgan fingerprint density at radius 2 is 1.57 bits per heavy atom. The summed E-state index contributed by atoms with van der Waals surface area (Å²) in [4.78, 5) is 0. The minimum absolute atomic E-state index is 0.125. The van der Waals surface area contributed by atoms with Gasteiger partial charge in [0.15, 0.2) is 11.6 Å².